The standard InChI is InChI=1S/C30H29N5.C2H6/c1-4-21-16-23(35-27-10-12-31-18-25(27)26-19-32-13-11-28(26)35)17-24(20(2)3)29(21)34-15-14-33-30(34)22-8-6-5-7-9-22;1-2/h5-15,17-20,23H,4,16H2,1-3H3;1-2H3. The maximum atomic E-state index is 4.76. The van der Waals surface area contributed by atoms with Crippen molar-refractivity contribution in [2.24, 2.45) is 5.92 Å². The molecule has 1 aliphatic rings. The van der Waals surface area contributed by atoms with Crippen LogP contribution in [0.25, 0.3) is 38.9 Å². The van der Waals surface area contributed by atoms with E-state index in [1.807, 2.05) is 44.8 Å². The van der Waals surface area contributed by atoms with Gasteiger partial charge in [0.1, 0.15) is 5.82 Å². The molecule has 1 atom stereocenters. The Kier molecular flexibility index (Phi) is 7.04. The summed E-state index contributed by atoms with van der Waals surface area (Å²) in [6, 6.07) is 15.0. The summed E-state index contributed by atoms with van der Waals surface area (Å²) in [7, 11) is 0. The van der Waals surface area contributed by atoms with Gasteiger partial charge in [-0.2, -0.15) is 0 Å². The van der Waals surface area contributed by atoms with Crippen molar-refractivity contribution in [2.75, 3.05) is 0 Å². The maximum Gasteiger partial charge on any atom is 0.144 e. The first-order valence-electron chi connectivity index (χ1n) is 13.4. The number of hydrogen-bond donors (Lipinski definition) is 0. The largest absolute Gasteiger partial charge is 0.333 e. The maximum absolute atomic E-state index is 4.76. The average Bonchev–Trinajstić information content (AvgIpc) is 3.57. The van der Waals surface area contributed by atoms with E-state index in [0.717, 1.165) is 35.0 Å². The van der Waals surface area contributed by atoms with Gasteiger partial charge in [-0.3, -0.25) is 14.5 Å². The molecule has 4 heterocycles. The number of allylic oxidation sites excluding steroid dienone is 4. The zero-order valence-corrected chi connectivity index (χ0v) is 22.4. The molecule has 5 nitrogen and oxygen atoms in total. The van der Waals surface area contributed by atoms with Gasteiger partial charge in [0.25, 0.3) is 0 Å². The van der Waals surface area contributed by atoms with Crippen molar-refractivity contribution >= 4 is 27.5 Å². The lowest BCUT2D eigenvalue weighted by atomic mass is 9.85. The summed E-state index contributed by atoms with van der Waals surface area (Å²) in [4.78, 5) is 13.6. The number of fused-ring (bicyclic) bond motifs is 3. The fraction of sp³-hybridized carbons (Fsp3) is 0.281. The summed E-state index contributed by atoms with van der Waals surface area (Å²) in [5.41, 5.74) is 7.67. The van der Waals surface area contributed by atoms with Gasteiger partial charge in [-0.25, -0.2) is 4.98 Å². The van der Waals surface area contributed by atoms with Crippen LogP contribution in [-0.2, 0) is 0 Å². The molecular weight excluding hydrogens is 454 g/mol. The normalized spacial score (nSPS) is 15.7. The highest BCUT2D eigenvalue weighted by atomic mass is 15.1. The van der Waals surface area contributed by atoms with Crippen LogP contribution in [0.15, 0.2) is 96.9 Å². The zero-order valence-electron chi connectivity index (χ0n) is 22.4. The van der Waals surface area contributed by atoms with Gasteiger partial charge in [0.2, 0.25) is 0 Å². The molecule has 188 valence electrons. The number of aromatic nitrogens is 5. The fourth-order valence-corrected chi connectivity index (χ4v) is 5.53. The van der Waals surface area contributed by atoms with Crippen LogP contribution in [0, 0.1) is 5.92 Å². The van der Waals surface area contributed by atoms with E-state index < -0.39 is 0 Å². The molecule has 0 amide bonds. The molecule has 1 aliphatic carbocycles. The minimum absolute atomic E-state index is 0.222. The van der Waals surface area contributed by atoms with Gasteiger partial charge < -0.3 is 4.57 Å². The molecule has 0 spiro atoms. The zero-order chi connectivity index (χ0) is 25.9. The van der Waals surface area contributed by atoms with Crippen molar-refractivity contribution in [3.05, 3.63) is 96.9 Å². The fourth-order valence-electron chi connectivity index (χ4n) is 5.53. The van der Waals surface area contributed by atoms with E-state index in [1.165, 1.54) is 27.9 Å². The number of benzene rings is 1. The van der Waals surface area contributed by atoms with Crippen molar-refractivity contribution < 1.29 is 0 Å². The summed E-state index contributed by atoms with van der Waals surface area (Å²) < 4.78 is 4.78. The molecule has 0 aliphatic heterocycles. The Morgan fingerprint density at radius 3 is 2.14 bits per heavy atom. The Hall–Kier alpha value is -3.99. The summed E-state index contributed by atoms with van der Waals surface area (Å²) in [6.45, 7) is 10.9. The van der Waals surface area contributed by atoms with Crippen LogP contribution in [-0.4, -0.2) is 24.1 Å². The highest BCUT2D eigenvalue weighted by molar-refractivity contribution is 6.07. The Morgan fingerprint density at radius 1 is 0.892 bits per heavy atom. The second-order valence-corrected chi connectivity index (χ2v) is 9.50. The summed E-state index contributed by atoms with van der Waals surface area (Å²) in [6.07, 6.45) is 16.2. The number of pyridine rings is 2. The minimum Gasteiger partial charge on any atom is -0.333 e. The third kappa shape index (κ3) is 4.29. The molecule has 1 unspecified atom stereocenters. The van der Waals surface area contributed by atoms with Crippen LogP contribution >= 0.6 is 0 Å². The van der Waals surface area contributed by atoms with Crippen LogP contribution in [0.3, 0.4) is 0 Å². The predicted octanol–water partition coefficient (Wildman–Crippen LogP) is 8.32. The number of nitrogens with zero attached hydrogens (tertiary/aromatic N) is 5. The molecule has 0 bridgehead atoms. The van der Waals surface area contributed by atoms with E-state index >= 15 is 0 Å². The summed E-state index contributed by atoms with van der Waals surface area (Å²) >= 11 is 0. The van der Waals surface area contributed by atoms with E-state index in [2.05, 4.69) is 94.6 Å². The van der Waals surface area contributed by atoms with Gasteiger partial charge in [0, 0.05) is 59.2 Å². The van der Waals surface area contributed by atoms with Crippen LogP contribution < -0.4 is 0 Å². The Balaban J connectivity index is 0.00000137. The van der Waals surface area contributed by atoms with Crippen molar-refractivity contribution in [1.29, 1.82) is 0 Å². The SMILES string of the molecule is CC.CCC1=C(n2ccnc2-c2ccccc2)C(C(C)C)=CC(n2c3ccncc3c3cnccc32)C1. The third-order valence-corrected chi connectivity index (χ3v) is 7.14. The molecule has 0 saturated carbocycles. The Bertz CT molecular complexity index is 1530. The Morgan fingerprint density at radius 2 is 1.54 bits per heavy atom. The summed E-state index contributed by atoms with van der Waals surface area (Å²) in [5.74, 6) is 1.36. The van der Waals surface area contributed by atoms with Gasteiger partial charge in [-0.15, -0.1) is 0 Å². The van der Waals surface area contributed by atoms with Crippen LogP contribution in [0.1, 0.15) is 53.5 Å². The molecule has 4 aromatic heterocycles. The average molecular weight is 490 g/mol. The van der Waals surface area contributed by atoms with E-state index in [4.69, 9.17) is 4.98 Å². The van der Waals surface area contributed by atoms with E-state index in [-0.39, 0.29) is 6.04 Å². The van der Waals surface area contributed by atoms with Crippen LogP contribution in [0.2, 0.25) is 0 Å². The topological polar surface area (TPSA) is 48.5 Å². The first-order valence-corrected chi connectivity index (χ1v) is 13.4. The first kappa shape index (κ1) is 24.7. The second kappa shape index (κ2) is 10.6. The lowest BCUT2D eigenvalue weighted by molar-refractivity contribution is 0.598. The molecule has 0 radical (unpaired) electrons. The molecule has 5 aromatic rings. The summed E-state index contributed by atoms with van der Waals surface area (Å²) in [5, 5.41) is 2.31. The second-order valence-electron chi connectivity index (χ2n) is 9.50. The van der Waals surface area contributed by atoms with Gasteiger partial charge in [-0.05, 0) is 42.0 Å². The minimum atomic E-state index is 0.222. The molecule has 0 fully saturated rings. The predicted molar refractivity (Wildman–Crippen MR) is 154 cm³/mol. The Labute approximate surface area is 219 Å². The monoisotopic (exact) mass is 489 g/mol. The molecule has 37 heavy (non-hydrogen) atoms. The first-order chi connectivity index (χ1) is 18.2. The third-order valence-electron chi connectivity index (χ3n) is 7.14. The quantitative estimate of drug-likeness (QED) is 0.249. The van der Waals surface area contributed by atoms with E-state index in [1.54, 1.807) is 0 Å². The molecule has 5 heteroatoms. The van der Waals surface area contributed by atoms with Gasteiger partial charge >= 0.3 is 0 Å². The number of hydrogen-bond acceptors (Lipinski definition) is 3. The van der Waals surface area contributed by atoms with Crippen molar-refractivity contribution in [2.45, 2.75) is 53.5 Å². The van der Waals surface area contributed by atoms with Crippen molar-refractivity contribution in [3.8, 4) is 11.4 Å². The molecule has 0 N–H and O–H groups in total. The lowest BCUT2D eigenvalue weighted by Gasteiger charge is -2.31. The van der Waals surface area contributed by atoms with Gasteiger partial charge in [0.05, 0.1) is 17.1 Å². The number of imidazole rings is 1. The van der Waals surface area contributed by atoms with Gasteiger partial charge in [0.15, 0.2) is 0 Å². The molecule has 0 saturated heterocycles. The smallest absolute Gasteiger partial charge is 0.144 e. The number of rotatable bonds is 5. The highest BCUT2D eigenvalue weighted by Gasteiger charge is 2.28. The van der Waals surface area contributed by atoms with Crippen molar-refractivity contribution in [3.63, 3.8) is 0 Å². The molecule has 1 aromatic carbocycles. The lowest BCUT2D eigenvalue weighted by Crippen LogP contribution is -2.19. The van der Waals surface area contributed by atoms with E-state index in [0.29, 0.717) is 5.92 Å². The molecule has 6 rings (SSSR count). The van der Waals surface area contributed by atoms with Gasteiger partial charge in [-0.1, -0.05) is 71.0 Å². The van der Waals surface area contributed by atoms with Crippen molar-refractivity contribution in [1.82, 2.24) is 24.1 Å². The van der Waals surface area contributed by atoms with E-state index in [9.17, 15) is 0 Å². The molecular formula is C32H35N5. The van der Waals surface area contributed by atoms with Crippen LogP contribution in [0.4, 0.5) is 0 Å². The highest BCUT2D eigenvalue weighted by Crippen LogP contribution is 2.43. The van der Waals surface area contributed by atoms with Crippen LogP contribution in [0.5, 0.6) is 0 Å².